The smallest absolute Gasteiger partial charge is 0.744 e. The molecule has 0 atom stereocenters. The second-order valence-corrected chi connectivity index (χ2v) is 15.8. The fraction of sp³-hybridized carbons (Fsp3) is 0.0741. The first-order valence-electron chi connectivity index (χ1n) is 13.6. The summed E-state index contributed by atoms with van der Waals surface area (Å²) in [4.78, 5) is 10.8. The summed E-state index contributed by atoms with van der Waals surface area (Å²) >= 11 is 0. The molecule has 0 aliphatic rings. The van der Waals surface area contributed by atoms with Gasteiger partial charge in [0.15, 0.2) is 9.84 Å². The SMILES string of the molecule is Nc1c(N=Nc2ccccc2S(=O)(=O)[O-])cc(S(=O)(=O)[O-])c(N)c1N=Nc1ccc(C(=O)Nc2cccc(S(=O)(=O)CCOS(=O)(=O)[O-])c2)cc1.[Na+].[Na+].[Na+]. The van der Waals surface area contributed by atoms with Gasteiger partial charge in [0.05, 0.1) is 44.1 Å². The molecule has 0 fully saturated rings. The van der Waals surface area contributed by atoms with Gasteiger partial charge in [0.2, 0.25) is 10.4 Å². The zero-order valence-electron chi connectivity index (χ0n) is 28.3. The molecule has 20 nitrogen and oxygen atoms in total. The number of rotatable bonds is 13. The summed E-state index contributed by atoms with van der Waals surface area (Å²) in [6, 6.07) is 15.5. The molecular weight excluding hydrogens is 828 g/mol. The molecule has 0 radical (unpaired) electrons. The molecular formula is C27H22N7Na3O13S4. The Morgan fingerprint density at radius 2 is 1.26 bits per heavy atom. The number of nitrogens with zero attached hydrogens (tertiary/aromatic N) is 4. The first kappa shape index (κ1) is 49.8. The van der Waals surface area contributed by atoms with E-state index in [0.29, 0.717) is 6.07 Å². The first-order valence-corrected chi connectivity index (χ1v) is 19.4. The Labute approximate surface area is 375 Å². The van der Waals surface area contributed by atoms with Crippen molar-refractivity contribution in [2.24, 2.45) is 20.5 Å². The van der Waals surface area contributed by atoms with Crippen LogP contribution < -0.4 is 105 Å². The normalized spacial score (nSPS) is 12.1. The van der Waals surface area contributed by atoms with Gasteiger partial charge in [-0.1, -0.05) is 18.2 Å². The number of nitrogen functional groups attached to an aromatic ring is 2. The average molecular weight is 850 g/mol. The third-order valence-corrected chi connectivity index (χ3v) is 10.3. The average Bonchev–Trinajstić information content (AvgIpc) is 3.03. The minimum absolute atomic E-state index is 0. The molecule has 0 saturated heterocycles. The number of hydrogen-bond donors (Lipinski definition) is 3. The van der Waals surface area contributed by atoms with E-state index in [1.165, 1.54) is 54.6 Å². The molecule has 0 saturated carbocycles. The number of hydrogen-bond acceptors (Lipinski definition) is 19. The number of sulfone groups is 1. The molecule has 27 heteroatoms. The number of carbonyl (C=O) groups is 1. The molecule has 4 aromatic rings. The number of amides is 1. The van der Waals surface area contributed by atoms with Crippen LogP contribution in [0.5, 0.6) is 0 Å². The topological polar surface area (TPSA) is 346 Å². The van der Waals surface area contributed by atoms with E-state index in [1.54, 1.807) is 0 Å². The maximum atomic E-state index is 12.8. The number of carbonyl (C=O) groups excluding carboxylic acids is 1. The zero-order valence-corrected chi connectivity index (χ0v) is 37.6. The second kappa shape index (κ2) is 20.3. The van der Waals surface area contributed by atoms with Crippen LogP contribution in [0.3, 0.4) is 0 Å². The third-order valence-electron chi connectivity index (χ3n) is 6.41. The van der Waals surface area contributed by atoms with E-state index in [1.807, 2.05) is 0 Å². The molecule has 4 rings (SSSR count). The number of anilines is 3. The second-order valence-electron chi connectivity index (χ2n) is 9.92. The molecule has 0 heterocycles. The summed E-state index contributed by atoms with van der Waals surface area (Å²) < 4.78 is 131. The minimum atomic E-state index is -5.25. The van der Waals surface area contributed by atoms with Crippen molar-refractivity contribution in [1.29, 1.82) is 0 Å². The largest absolute Gasteiger partial charge is 1.00 e. The number of benzene rings is 4. The quantitative estimate of drug-likeness (QED) is 0.0371. The van der Waals surface area contributed by atoms with E-state index < -0.39 is 97.0 Å². The Morgan fingerprint density at radius 3 is 1.85 bits per heavy atom. The Kier molecular flexibility index (Phi) is 18.7. The van der Waals surface area contributed by atoms with Crippen LogP contribution in [0.4, 0.5) is 39.8 Å². The van der Waals surface area contributed by atoms with Crippen molar-refractivity contribution < 1.29 is 145 Å². The van der Waals surface area contributed by atoms with Crippen molar-refractivity contribution in [3.8, 4) is 0 Å². The molecule has 1 amide bonds. The van der Waals surface area contributed by atoms with Crippen LogP contribution >= 0.6 is 0 Å². The van der Waals surface area contributed by atoms with Gasteiger partial charge in [-0.05, 0) is 60.7 Å². The van der Waals surface area contributed by atoms with Crippen molar-refractivity contribution in [2.45, 2.75) is 14.7 Å². The zero-order chi connectivity index (χ0) is 37.8. The monoisotopic (exact) mass is 849 g/mol. The molecule has 5 N–H and O–H groups in total. The van der Waals surface area contributed by atoms with E-state index in [-0.39, 0.29) is 111 Å². The van der Waals surface area contributed by atoms with Crippen molar-refractivity contribution in [2.75, 3.05) is 29.1 Å². The summed E-state index contributed by atoms with van der Waals surface area (Å²) in [7, 11) is -19.4. The van der Waals surface area contributed by atoms with Crippen molar-refractivity contribution >= 4 is 86.2 Å². The molecule has 0 aromatic heterocycles. The first-order chi connectivity index (χ1) is 23.7. The van der Waals surface area contributed by atoms with Crippen molar-refractivity contribution in [3.63, 3.8) is 0 Å². The predicted molar refractivity (Wildman–Crippen MR) is 175 cm³/mol. The van der Waals surface area contributed by atoms with Gasteiger partial charge in [-0.2, -0.15) is 5.11 Å². The fourth-order valence-corrected chi connectivity index (χ4v) is 6.80. The molecule has 0 unspecified atom stereocenters. The summed E-state index contributed by atoms with van der Waals surface area (Å²) in [6.07, 6.45) is 0. The van der Waals surface area contributed by atoms with Gasteiger partial charge >= 0.3 is 88.7 Å². The number of azo groups is 2. The summed E-state index contributed by atoms with van der Waals surface area (Å²) in [5.74, 6) is -1.53. The molecule has 54 heavy (non-hydrogen) atoms. The van der Waals surface area contributed by atoms with Gasteiger partial charge in [-0.15, -0.1) is 15.3 Å². The molecule has 0 aliphatic heterocycles. The van der Waals surface area contributed by atoms with Crippen LogP contribution in [0.1, 0.15) is 10.4 Å². The predicted octanol–water partition coefficient (Wildman–Crippen LogP) is -6.00. The molecule has 0 spiro atoms. The van der Waals surface area contributed by atoms with Crippen LogP contribution in [0, 0.1) is 0 Å². The third kappa shape index (κ3) is 13.8. The number of nitrogens with one attached hydrogen (secondary N) is 1. The van der Waals surface area contributed by atoms with Crippen LogP contribution in [-0.4, -0.2) is 65.6 Å². The molecule has 0 bridgehead atoms. The van der Waals surface area contributed by atoms with Crippen LogP contribution in [0.2, 0.25) is 0 Å². The van der Waals surface area contributed by atoms with E-state index in [4.69, 9.17) is 11.5 Å². The van der Waals surface area contributed by atoms with Crippen molar-refractivity contribution in [3.05, 3.63) is 84.4 Å². The van der Waals surface area contributed by atoms with Crippen LogP contribution in [0.15, 0.2) is 114 Å². The van der Waals surface area contributed by atoms with E-state index >= 15 is 0 Å². The maximum Gasteiger partial charge on any atom is 1.00 e. The Morgan fingerprint density at radius 1 is 0.667 bits per heavy atom. The van der Waals surface area contributed by atoms with Gasteiger partial charge < -0.3 is 30.4 Å². The van der Waals surface area contributed by atoms with Gasteiger partial charge in [-0.3, -0.25) is 8.98 Å². The summed E-state index contributed by atoms with van der Waals surface area (Å²) in [5.41, 5.74) is 9.54. The molecule has 270 valence electrons. The number of nitrogens with two attached hydrogens (primary N) is 2. The Bertz CT molecular complexity index is 2520. The van der Waals surface area contributed by atoms with Crippen LogP contribution in [0.25, 0.3) is 0 Å². The Hall–Kier alpha value is -2.21. The van der Waals surface area contributed by atoms with Gasteiger partial charge in [-0.25, -0.2) is 33.7 Å². The van der Waals surface area contributed by atoms with Gasteiger partial charge in [0.1, 0.15) is 37.3 Å². The summed E-state index contributed by atoms with van der Waals surface area (Å²) in [6.45, 7) is -0.907. The van der Waals surface area contributed by atoms with Gasteiger partial charge in [0, 0.05) is 11.3 Å². The molecule has 4 aromatic carbocycles. The molecule has 0 aliphatic carbocycles. The maximum absolute atomic E-state index is 12.8. The van der Waals surface area contributed by atoms with Crippen molar-refractivity contribution in [1.82, 2.24) is 0 Å². The Balaban J connectivity index is 0.00000486. The van der Waals surface area contributed by atoms with Crippen LogP contribution in [-0.2, 0) is 44.7 Å². The standard InChI is InChI=1S/C27H25N7O13S4.3Na/c28-24-21(33-32-20-6-1-2-7-22(20)49(38,39)40)15-23(50(41,42)43)25(29)26(24)34-31-17-10-8-16(9-11-17)27(35)30-18-4-3-5-19(14-18)48(36,37)13-12-47-51(44,45)46;;;/h1-11,14-15H,12-13,28-29H2,(H,30,35)(H,38,39,40)(H,41,42,43)(H,44,45,46);;;/q;3*+1/p-3. The fourth-order valence-electron chi connectivity index (χ4n) is 4.04. The minimum Gasteiger partial charge on any atom is -0.744 e. The van der Waals surface area contributed by atoms with E-state index in [0.717, 1.165) is 18.2 Å². The van der Waals surface area contributed by atoms with Gasteiger partial charge in [0.25, 0.3) is 5.91 Å². The van der Waals surface area contributed by atoms with E-state index in [2.05, 4.69) is 30.0 Å². The van der Waals surface area contributed by atoms with E-state index in [9.17, 15) is 52.1 Å². The summed E-state index contributed by atoms with van der Waals surface area (Å²) in [5, 5.41) is 17.6.